The van der Waals surface area contributed by atoms with Crippen molar-refractivity contribution in [3.63, 3.8) is 0 Å². The standard InChI is InChI=1S/C10H12NO3S/c1-3-15(13,14)10-6-4-9(5-7-10)11-8(2)12/h4-7H,1,3H2,2H3,(H,11,12). The zero-order valence-electron chi connectivity index (χ0n) is 8.36. The molecule has 1 rings (SSSR count). The lowest BCUT2D eigenvalue weighted by Gasteiger charge is -2.04. The SMILES string of the molecule is [CH2]CS(=O)(=O)c1ccc(NC(C)=O)cc1. The number of benzene rings is 1. The van der Waals surface area contributed by atoms with Crippen LogP contribution in [0.4, 0.5) is 5.69 Å². The minimum absolute atomic E-state index is 0.174. The predicted octanol–water partition coefficient (Wildman–Crippen LogP) is 1.25. The number of hydrogen-bond acceptors (Lipinski definition) is 3. The molecule has 0 aliphatic rings. The molecule has 81 valence electrons. The highest BCUT2D eigenvalue weighted by molar-refractivity contribution is 7.91. The van der Waals surface area contributed by atoms with E-state index in [0.717, 1.165) is 0 Å². The summed E-state index contributed by atoms with van der Waals surface area (Å²) in [6.07, 6.45) is 0. The van der Waals surface area contributed by atoms with Crippen molar-refractivity contribution in [2.24, 2.45) is 0 Å². The topological polar surface area (TPSA) is 63.2 Å². The minimum atomic E-state index is -3.27. The third-order valence-electron chi connectivity index (χ3n) is 1.80. The zero-order valence-corrected chi connectivity index (χ0v) is 9.17. The Morgan fingerprint density at radius 2 is 1.87 bits per heavy atom. The van der Waals surface area contributed by atoms with E-state index in [1.165, 1.54) is 19.1 Å². The lowest BCUT2D eigenvalue weighted by Crippen LogP contribution is -2.07. The molecule has 0 atom stereocenters. The van der Waals surface area contributed by atoms with E-state index in [1.807, 2.05) is 0 Å². The molecule has 4 nitrogen and oxygen atoms in total. The van der Waals surface area contributed by atoms with Crippen molar-refractivity contribution < 1.29 is 13.2 Å². The quantitative estimate of drug-likeness (QED) is 0.843. The molecule has 1 aromatic carbocycles. The largest absolute Gasteiger partial charge is 0.326 e. The van der Waals surface area contributed by atoms with Gasteiger partial charge in [-0.1, -0.05) is 0 Å². The Kier molecular flexibility index (Phi) is 3.47. The lowest BCUT2D eigenvalue weighted by molar-refractivity contribution is -0.114. The van der Waals surface area contributed by atoms with Gasteiger partial charge in [-0.2, -0.15) is 0 Å². The summed E-state index contributed by atoms with van der Waals surface area (Å²) < 4.78 is 22.8. The Morgan fingerprint density at radius 1 is 1.33 bits per heavy atom. The van der Waals surface area contributed by atoms with E-state index in [0.29, 0.717) is 5.69 Å². The second-order valence-electron chi connectivity index (χ2n) is 3.02. The molecule has 0 aliphatic carbocycles. The van der Waals surface area contributed by atoms with E-state index in [2.05, 4.69) is 12.2 Å². The van der Waals surface area contributed by atoms with E-state index < -0.39 is 9.84 Å². The van der Waals surface area contributed by atoms with Crippen molar-refractivity contribution in [3.05, 3.63) is 31.2 Å². The molecule has 0 bridgehead atoms. The first-order valence-electron chi connectivity index (χ1n) is 4.35. The van der Waals surface area contributed by atoms with Gasteiger partial charge in [-0.05, 0) is 31.2 Å². The van der Waals surface area contributed by atoms with Gasteiger partial charge >= 0.3 is 0 Å². The summed E-state index contributed by atoms with van der Waals surface area (Å²) in [5.74, 6) is -0.366. The highest BCUT2D eigenvalue weighted by Gasteiger charge is 2.10. The Labute approximate surface area is 89.2 Å². The molecular formula is C10H12NO3S. The number of carbonyl (C=O) groups is 1. The molecule has 0 unspecified atom stereocenters. The fourth-order valence-electron chi connectivity index (χ4n) is 1.07. The smallest absolute Gasteiger partial charge is 0.221 e. The van der Waals surface area contributed by atoms with Crippen LogP contribution in [-0.2, 0) is 14.6 Å². The molecule has 1 aromatic rings. The molecule has 5 heteroatoms. The molecule has 0 aliphatic heterocycles. The molecule has 15 heavy (non-hydrogen) atoms. The first-order chi connectivity index (χ1) is 6.95. The Balaban J connectivity index is 2.95. The van der Waals surface area contributed by atoms with Gasteiger partial charge in [-0.25, -0.2) is 8.42 Å². The van der Waals surface area contributed by atoms with Crippen LogP contribution in [-0.4, -0.2) is 20.1 Å². The average Bonchev–Trinajstić information content (AvgIpc) is 2.18. The molecule has 0 saturated carbocycles. The van der Waals surface area contributed by atoms with E-state index >= 15 is 0 Å². The molecule has 1 N–H and O–H groups in total. The summed E-state index contributed by atoms with van der Waals surface area (Å²) in [5.41, 5.74) is 0.575. The monoisotopic (exact) mass is 226 g/mol. The summed E-state index contributed by atoms with van der Waals surface area (Å²) in [5, 5.41) is 2.55. The van der Waals surface area contributed by atoms with Gasteiger partial charge in [0.15, 0.2) is 9.84 Å². The molecule has 0 fully saturated rings. The van der Waals surface area contributed by atoms with Crippen LogP contribution in [0.3, 0.4) is 0 Å². The maximum atomic E-state index is 11.4. The van der Waals surface area contributed by atoms with Crippen molar-refractivity contribution in [2.75, 3.05) is 11.1 Å². The van der Waals surface area contributed by atoms with Gasteiger partial charge in [0.25, 0.3) is 0 Å². The van der Waals surface area contributed by atoms with Crippen LogP contribution < -0.4 is 5.32 Å². The highest BCUT2D eigenvalue weighted by Crippen LogP contribution is 2.14. The summed E-state index contributed by atoms with van der Waals surface area (Å²) in [7, 11) is -3.27. The average molecular weight is 226 g/mol. The first-order valence-corrected chi connectivity index (χ1v) is 6.00. The normalized spacial score (nSPS) is 11.1. The number of carbonyl (C=O) groups excluding carboxylic acids is 1. The maximum Gasteiger partial charge on any atom is 0.221 e. The minimum Gasteiger partial charge on any atom is -0.326 e. The zero-order chi connectivity index (χ0) is 11.5. The number of rotatable bonds is 3. The van der Waals surface area contributed by atoms with Gasteiger partial charge < -0.3 is 5.32 Å². The van der Waals surface area contributed by atoms with Gasteiger partial charge in [0.2, 0.25) is 5.91 Å². The summed E-state index contributed by atoms with van der Waals surface area (Å²) in [4.78, 5) is 10.9. The molecule has 0 heterocycles. The van der Waals surface area contributed by atoms with Crippen molar-refractivity contribution in [2.45, 2.75) is 11.8 Å². The third-order valence-corrected chi connectivity index (χ3v) is 3.33. The van der Waals surface area contributed by atoms with Crippen LogP contribution in [0.1, 0.15) is 6.92 Å². The van der Waals surface area contributed by atoms with E-state index in [1.54, 1.807) is 12.1 Å². The van der Waals surface area contributed by atoms with Crippen LogP contribution in [0.2, 0.25) is 0 Å². The molecule has 0 spiro atoms. The summed E-state index contributed by atoms with van der Waals surface area (Å²) in [6, 6.07) is 5.99. The van der Waals surface area contributed by atoms with Crippen LogP contribution >= 0.6 is 0 Å². The first kappa shape index (κ1) is 11.7. The van der Waals surface area contributed by atoms with Gasteiger partial charge in [-0.3, -0.25) is 4.79 Å². The Bertz CT molecular complexity index is 448. The highest BCUT2D eigenvalue weighted by atomic mass is 32.2. The van der Waals surface area contributed by atoms with Crippen molar-refractivity contribution in [1.29, 1.82) is 0 Å². The summed E-state index contributed by atoms with van der Waals surface area (Å²) >= 11 is 0. The fourth-order valence-corrected chi connectivity index (χ4v) is 1.85. The molecular weight excluding hydrogens is 214 g/mol. The van der Waals surface area contributed by atoms with Crippen LogP contribution in [0, 0.1) is 6.92 Å². The summed E-state index contributed by atoms with van der Waals surface area (Å²) in [6.45, 7) is 4.74. The maximum absolute atomic E-state index is 11.4. The van der Waals surface area contributed by atoms with Gasteiger partial charge in [0.05, 0.1) is 10.6 Å². The number of nitrogens with one attached hydrogen (secondary N) is 1. The molecule has 0 saturated heterocycles. The van der Waals surface area contributed by atoms with Gasteiger partial charge in [0.1, 0.15) is 0 Å². The second-order valence-corrected chi connectivity index (χ2v) is 5.13. The molecule has 0 aromatic heterocycles. The van der Waals surface area contributed by atoms with E-state index in [-0.39, 0.29) is 16.6 Å². The molecule has 1 radical (unpaired) electrons. The third kappa shape index (κ3) is 3.06. The number of hydrogen-bond donors (Lipinski definition) is 1. The van der Waals surface area contributed by atoms with Crippen molar-refractivity contribution in [3.8, 4) is 0 Å². The van der Waals surface area contributed by atoms with Crippen LogP contribution in [0.25, 0.3) is 0 Å². The van der Waals surface area contributed by atoms with E-state index in [9.17, 15) is 13.2 Å². The lowest BCUT2D eigenvalue weighted by atomic mass is 10.3. The van der Waals surface area contributed by atoms with Crippen molar-refractivity contribution in [1.82, 2.24) is 0 Å². The second kappa shape index (κ2) is 4.44. The Hall–Kier alpha value is -1.36. The van der Waals surface area contributed by atoms with Gasteiger partial charge in [0, 0.05) is 12.6 Å². The number of anilines is 1. The van der Waals surface area contributed by atoms with Crippen LogP contribution in [0.5, 0.6) is 0 Å². The number of amides is 1. The van der Waals surface area contributed by atoms with Crippen LogP contribution in [0.15, 0.2) is 29.2 Å². The fraction of sp³-hybridized carbons (Fsp3) is 0.200. The molecule has 1 amide bonds. The van der Waals surface area contributed by atoms with Gasteiger partial charge in [-0.15, -0.1) is 0 Å². The van der Waals surface area contributed by atoms with Crippen molar-refractivity contribution >= 4 is 21.4 Å². The van der Waals surface area contributed by atoms with E-state index in [4.69, 9.17) is 0 Å². The number of sulfone groups is 1. The predicted molar refractivity (Wildman–Crippen MR) is 58.2 cm³/mol. The Morgan fingerprint density at radius 3 is 2.27 bits per heavy atom.